The number of hydrogen-bond acceptors (Lipinski definition) is 4. The first-order chi connectivity index (χ1) is 10.8. The molecule has 5 heteroatoms. The van der Waals surface area contributed by atoms with Crippen molar-refractivity contribution >= 4 is 5.91 Å². The molecule has 120 valence electrons. The van der Waals surface area contributed by atoms with E-state index < -0.39 is 0 Å². The topological polar surface area (TPSA) is 53.6 Å². The summed E-state index contributed by atoms with van der Waals surface area (Å²) in [6.07, 6.45) is 2.36. The van der Waals surface area contributed by atoms with Gasteiger partial charge >= 0.3 is 0 Å². The molecule has 0 saturated carbocycles. The van der Waals surface area contributed by atoms with Crippen LogP contribution in [0.2, 0.25) is 0 Å². The molecule has 2 atom stereocenters. The summed E-state index contributed by atoms with van der Waals surface area (Å²) in [5.41, 5.74) is 1.34. The van der Waals surface area contributed by atoms with E-state index in [0.717, 1.165) is 32.6 Å². The Balaban J connectivity index is 1.47. The smallest absolute Gasteiger partial charge is 0.239 e. The number of nitrogens with zero attached hydrogens (tertiary/aromatic N) is 1. The van der Waals surface area contributed by atoms with Gasteiger partial charge in [0, 0.05) is 25.7 Å². The minimum atomic E-state index is -0.197. The number of carbonyl (C=O) groups excluding carboxylic acids is 1. The molecule has 0 spiro atoms. The molecule has 0 bridgehead atoms. The molecule has 0 aliphatic carbocycles. The summed E-state index contributed by atoms with van der Waals surface area (Å²) < 4.78 is 5.34. The monoisotopic (exact) mass is 303 g/mol. The van der Waals surface area contributed by atoms with Gasteiger partial charge in [0.1, 0.15) is 6.04 Å². The number of morpholine rings is 1. The van der Waals surface area contributed by atoms with Crippen molar-refractivity contribution in [1.82, 2.24) is 15.5 Å². The molecule has 22 heavy (non-hydrogen) atoms. The van der Waals surface area contributed by atoms with Crippen molar-refractivity contribution in [3.63, 3.8) is 0 Å². The minimum absolute atomic E-state index is 0.0614. The maximum absolute atomic E-state index is 12.1. The van der Waals surface area contributed by atoms with Gasteiger partial charge < -0.3 is 15.4 Å². The van der Waals surface area contributed by atoms with Gasteiger partial charge in [-0.15, -0.1) is 0 Å². The van der Waals surface area contributed by atoms with Crippen LogP contribution < -0.4 is 10.6 Å². The molecule has 2 N–H and O–H groups in total. The third-order valence-electron chi connectivity index (χ3n) is 4.48. The Morgan fingerprint density at radius 1 is 1.36 bits per heavy atom. The maximum Gasteiger partial charge on any atom is 0.239 e. The molecule has 3 rings (SSSR count). The summed E-state index contributed by atoms with van der Waals surface area (Å²) in [4.78, 5) is 14.6. The van der Waals surface area contributed by atoms with Gasteiger partial charge in [0.05, 0.1) is 13.2 Å². The highest BCUT2D eigenvalue weighted by molar-refractivity contribution is 5.82. The van der Waals surface area contributed by atoms with E-state index in [1.807, 2.05) is 6.07 Å². The van der Waals surface area contributed by atoms with E-state index in [1.54, 1.807) is 0 Å². The summed E-state index contributed by atoms with van der Waals surface area (Å²) in [7, 11) is 0. The number of rotatable bonds is 5. The van der Waals surface area contributed by atoms with Gasteiger partial charge in [0.25, 0.3) is 0 Å². The summed E-state index contributed by atoms with van der Waals surface area (Å²) in [5, 5.41) is 6.28. The van der Waals surface area contributed by atoms with Crippen molar-refractivity contribution in [2.75, 3.05) is 32.8 Å². The molecular weight excluding hydrogens is 278 g/mol. The van der Waals surface area contributed by atoms with Gasteiger partial charge in [-0.1, -0.05) is 30.3 Å². The molecular formula is C17H25N3O2. The fraction of sp³-hybridized carbons (Fsp3) is 0.588. The first kappa shape index (κ1) is 15.5. The van der Waals surface area contributed by atoms with Crippen molar-refractivity contribution in [2.24, 2.45) is 0 Å². The van der Waals surface area contributed by atoms with Crippen LogP contribution in [0.5, 0.6) is 0 Å². The van der Waals surface area contributed by atoms with Crippen LogP contribution >= 0.6 is 0 Å². The van der Waals surface area contributed by atoms with Crippen LogP contribution in [0.3, 0.4) is 0 Å². The second-order valence-corrected chi connectivity index (χ2v) is 6.08. The van der Waals surface area contributed by atoms with Gasteiger partial charge in [-0.3, -0.25) is 9.69 Å². The molecule has 2 saturated heterocycles. The number of benzene rings is 1. The second kappa shape index (κ2) is 7.72. The number of carbonyl (C=O) groups is 1. The fourth-order valence-electron chi connectivity index (χ4n) is 3.23. The third kappa shape index (κ3) is 4.06. The van der Waals surface area contributed by atoms with E-state index in [4.69, 9.17) is 4.74 Å². The van der Waals surface area contributed by atoms with Crippen molar-refractivity contribution in [2.45, 2.75) is 31.5 Å². The highest BCUT2D eigenvalue weighted by atomic mass is 16.5. The Bertz CT molecular complexity index is 474. The van der Waals surface area contributed by atoms with Crippen molar-refractivity contribution in [1.29, 1.82) is 0 Å². The number of nitrogens with one attached hydrogen (secondary N) is 2. The van der Waals surface area contributed by atoms with Crippen molar-refractivity contribution in [3.05, 3.63) is 35.9 Å². The van der Waals surface area contributed by atoms with Crippen LogP contribution in [-0.4, -0.2) is 55.7 Å². The van der Waals surface area contributed by atoms with Crippen molar-refractivity contribution < 1.29 is 9.53 Å². The van der Waals surface area contributed by atoms with Gasteiger partial charge in [-0.25, -0.2) is 0 Å². The minimum Gasteiger partial charge on any atom is -0.378 e. The molecule has 0 radical (unpaired) electrons. The lowest BCUT2D eigenvalue weighted by molar-refractivity contribution is -0.126. The molecule has 1 aromatic carbocycles. The number of likely N-dealkylation sites (tertiary alicyclic amines) is 1. The van der Waals surface area contributed by atoms with E-state index in [9.17, 15) is 4.79 Å². The van der Waals surface area contributed by atoms with E-state index in [0.29, 0.717) is 19.3 Å². The summed E-state index contributed by atoms with van der Waals surface area (Å²) in [6, 6.07) is 10.8. The van der Waals surface area contributed by atoms with Crippen molar-refractivity contribution in [3.8, 4) is 0 Å². The Hall–Kier alpha value is -1.43. The van der Waals surface area contributed by atoms with E-state index >= 15 is 0 Å². The molecule has 1 amide bonds. The molecule has 5 nitrogen and oxygen atoms in total. The van der Waals surface area contributed by atoms with Crippen LogP contribution in [-0.2, 0) is 16.1 Å². The molecule has 2 aliphatic rings. The number of ether oxygens (including phenoxy) is 1. The summed E-state index contributed by atoms with van der Waals surface area (Å²) in [5.74, 6) is 0.0614. The number of hydrogen-bond donors (Lipinski definition) is 2. The average molecular weight is 303 g/mol. The van der Waals surface area contributed by atoms with Gasteiger partial charge in [-0.05, 0) is 24.9 Å². The largest absolute Gasteiger partial charge is 0.378 e. The zero-order chi connectivity index (χ0) is 15.2. The van der Waals surface area contributed by atoms with E-state index in [1.165, 1.54) is 12.0 Å². The Labute approximate surface area is 132 Å². The summed E-state index contributed by atoms with van der Waals surface area (Å²) in [6.45, 7) is 4.72. The van der Waals surface area contributed by atoms with Gasteiger partial charge in [-0.2, -0.15) is 0 Å². The highest BCUT2D eigenvalue weighted by Gasteiger charge is 2.27. The lowest BCUT2D eigenvalue weighted by Gasteiger charge is -2.27. The zero-order valence-corrected chi connectivity index (χ0v) is 13.0. The van der Waals surface area contributed by atoms with Crippen LogP contribution in [0.4, 0.5) is 0 Å². The molecule has 2 aliphatic heterocycles. The Kier molecular flexibility index (Phi) is 5.43. The van der Waals surface area contributed by atoms with Crippen LogP contribution in [0, 0.1) is 0 Å². The standard InChI is InChI=1S/C17H25N3O2/c21-17(16-13-22-10-8-18-16)19-11-15-7-4-9-20(15)12-14-5-2-1-3-6-14/h1-3,5-6,15-16,18H,4,7-13H2,(H,19,21). The second-order valence-electron chi connectivity index (χ2n) is 6.08. The van der Waals surface area contributed by atoms with Crippen LogP contribution in [0.25, 0.3) is 0 Å². The molecule has 1 aromatic rings. The fourth-order valence-corrected chi connectivity index (χ4v) is 3.23. The first-order valence-electron chi connectivity index (χ1n) is 8.20. The zero-order valence-electron chi connectivity index (χ0n) is 13.0. The number of amides is 1. The predicted molar refractivity (Wildman–Crippen MR) is 85.5 cm³/mol. The Morgan fingerprint density at radius 3 is 3.00 bits per heavy atom. The maximum atomic E-state index is 12.1. The first-order valence-corrected chi connectivity index (χ1v) is 8.20. The molecule has 2 fully saturated rings. The third-order valence-corrected chi connectivity index (χ3v) is 4.48. The molecule has 0 aromatic heterocycles. The summed E-state index contributed by atoms with van der Waals surface area (Å²) >= 11 is 0. The van der Waals surface area contributed by atoms with E-state index in [-0.39, 0.29) is 11.9 Å². The van der Waals surface area contributed by atoms with Crippen LogP contribution in [0.15, 0.2) is 30.3 Å². The quantitative estimate of drug-likeness (QED) is 0.843. The molecule has 2 unspecified atom stereocenters. The normalized spacial score (nSPS) is 26.0. The Morgan fingerprint density at radius 2 is 2.23 bits per heavy atom. The predicted octanol–water partition coefficient (Wildman–Crippen LogP) is 0.756. The highest BCUT2D eigenvalue weighted by Crippen LogP contribution is 2.19. The average Bonchev–Trinajstić information content (AvgIpc) is 3.01. The van der Waals surface area contributed by atoms with E-state index in [2.05, 4.69) is 39.8 Å². The van der Waals surface area contributed by atoms with Gasteiger partial charge in [0.2, 0.25) is 5.91 Å². The lowest BCUT2D eigenvalue weighted by atomic mass is 10.1. The van der Waals surface area contributed by atoms with Crippen LogP contribution in [0.1, 0.15) is 18.4 Å². The molecule has 2 heterocycles. The lowest BCUT2D eigenvalue weighted by Crippen LogP contribution is -2.53. The SMILES string of the molecule is O=C(NCC1CCCN1Cc1ccccc1)C1COCCN1. The van der Waals surface area contributed by atoms with Gasteiger partial charge in [0.15, 0.2) is 0 Å².